The number of unbranched alkanes of at least 4 members (excludes halogenated alkanes) is 1. The first-order valence-corrected chi connectivity index (χ1v) is 6.56. The van der Waals surface area contributed by atoms with E-state index in [1.54, 1.807) is 0 Å². The fourth-order valence-electron chi connectivity index (χ4n) is 0.391. The Hall–Kier alpha value is 0.350. The van der Waals surface area contributed by atoms with Crippen LogP contribution in [0.15, 0.2) is 0 Å². The van der Waals surface area contributed by atoms with Gasteiger partial charge in [-0.25, -0.2) is 0 Å². The molecule has 0 radical (unpaired) electrons. The van der Waals surface area contributed by atoms with Gasteiger partial charge in [-0.05, 0) is 17.9 Å². The summed E-state index contributed by atoms with van der Waals surface area (Å²) < 4.78 is 0. The van der Waals surface area contributed by atoms with Gasteiger partial charge in [0.2, 0.25) is 0 Å². The van der Waals surface area contributed by atoms with E-state index in [-0.39, 0.29) is 0 Å². The Kier molecular flexibility index (Phi) is 45.7. The van der Waals surface area contributed by atoms with Crippen molar-refractivity contribution in [2.45, 2.75) is 60.8 Å². The molecule has 0 spiro atoms. The third kappa shape index (κ3) is 47.8. The highest BCUT2D eigenvalue weighted by atomic mass is 32.2. The minimum absolute atomic E-state index is 1.25. The Morgan fingerprint density at radius 1 is 0.917 bits per heavy atom. The number of hydrogen-bond acceptors (Lipinski definition) is 1. The molecular weight excluding hydrogens is 164 g/mol. The van der Waals surface area contributed by atoms with Crippen molar-refractivity contribution < 1.29 is 0 Å². The van der Waals surface area contributed by atoms with E-state index in [0.29, 0.717) is 0 Å². The monoisotopic (exact) mass is 192 g/mol. The van der Waals surface area contributed by atoms with Crippen LogP contribution in [0.5, 0.6) is 0 Å². The molecule has 0 aliphatic carbocycles. The molecule has 0 rings (SSSR count). The third-order valence-electron chi connectivity index (χ3n) is 0.846. The van der Waals surface area contributed by atoms with E-state index in [2.05, 4.69) is 27.7 Å². The van der Waals surface area contributed by atoms with Crippen molar-refractivity contribution in [1.29, 1.82) is 0 Å². The number of rotatable bonds is 4. The van der Waals surface area contributed by atoms with E-state index in [1.165, 1.54) is 30.8 Å². The summed E-state index contributed by atoms with van der Waals surface area (Å²) in [5, 5.41) is 0. The average Bonchev–Trinajstić information content (AvgIpc) is 2.11. The molecule has 0 N–H and O–H groups in total. The molecule has 0 aromatic carbocycles. The van der Waals surface area contributed by atoms with Gasteiger partial charge in [0.05, 0.1) is 0 Å². The standard InChI is InChI=1S/C6H14S.C3H8.C2H6/c1-3-5-6-7-4-2;1-3-2;1-2/h3-6H2,1-2H3;3H2,1-2H3;1-2H3. The van der Waals surface area contributed by atoms with Gasteiger partial charge in [0.1, 0.15) is 0 Å². The third-order valence-corrected chi connectivity index (χ3v) is 1.83. The first-order valence-electron chi connectivity index (χ1n) is 5.41. The summed E-state index contributed by atoms with van der Waals surface area (Å²) in [5.74, 6) is 2.63. The summed E-state index contributed by atoms with van der Waals surface area (Å²) in [6, 6.07) is 0. The zero-order valence-electron chi connectivity index (χ0n) is 9.94. The smallest absolute Gasteiger partial charge is 0.00677 e. The molecule has 0 aromatic rings. The number of hydrogen-bond donors (Lipinski definition) is 0. The van der Waals surface area contributed by atoms with Crippen LogP contribution >= 0.6 is 11.8 Å². The summed E-state index contributed by atoms with van der Waals surface area (Å²) in [5.41, 5.74) is 0. The minimum atomic E-state index is 1.25. The summed E-state index contributed by atoms with van der Waals surface area (Å²) in [6.45, 7) is 12.7. The Labute approximate surface area is 84.5 Å². The van der Waals surface area contributed by atoms with E-state index in [0.717, 1.165) is 0 Å². The van der Waals surface area contributed by atoms with Crippen LogP contribution in [0.1, 0.15) is 60.8 Å². The predicted octanol–water partition coefficient (Wildman–Crippen LogP) is 4.98. The number of thioether (sulfide) groups is 1. The Morgan fingerprint density at radius 3 is 1.58 bits per heavy atom. The largest absolute Gasteiger partial charge is 0.162 e. The lowest BCUT2D eigenvalue weighted by atomic mass is 10.4. The van der Waals surface area contributed by atoms with Crippen molar-refractivity contribution in [2.75, 3.05) is 11.5 Å². The summed E-state index contributed by atoms with van der Waals surface area (Å²) in [4.78, 5) is 0. The summed E-state index contributed by atoms with van der Waals surface area (Å²) in [6.07, 6.45) is 3.98. The minimum Gasteiger partial charge on any atom is -0.162 e. The van der Waals surface area contributed by atoms with Gasteiger partial charge in [0.15, 0.2) is 0 Å². The summed E-state index contributed by atoms with van der Waals surface area (Å²) >= 11 is 2.03. The van der Waals surface area contributed by atoms with Crippen molar-refractivity contribution in [2.24, 2.45) is 0 Å². The molecule has 1 heteroatoms. The van der Waals surface area contributed by atoms with Gasteiger partial charge in [0, 0.05) is 0 Å². The molecule has 0 aromatic heterocycles. The predicted molar refractivity (Wildman–Crippen MR) is 65.2 cm³/mol. The van der Waals surface area contributed by atoms with Crippen LogP contribution in [0.2, 0.25) is 0 Å². The van der Waals surface area contributed by atoms with Crippen LogP contribution < -0.4 is 0 Å². The molecule has 0 fully saturated rings. The fraction of sp³-hybridized carbons (Fsp3) is 1.00. The lowest BCUT2D eigenvalue weighted by molar-refractivity contribution is 0.896. The van der Waals surface area contributed by atoms with Crippen LogP contribution in [0.25, 0.3) is 0 Å². The van der Waals surface area contributed by atoms with E-state index in [4.69, 9.17) is 0 Å². The highest BCUT2D eigenvalue weighted by molar-refractivity contribution is 7.99. The van der Waals surface area contributed by atoms with E-state index in [9.17, 15) is 0 Å². The SMILES string of the molecule is CC.CCC.CCCCSCC. The van der Waals surface area contributed by atoms with E-state index >= 15 is 0 Å². The lowest BCUT2D eigenvalue weighted by Gasteiger charge is -1.91. The van der Waals surface area contributed by atoms with Crippen LogP contribution in [0, 0.1) is 0 Å². The maximum Gasteiger partial charge on any atom is -0.00677 e. The Bertz CT molecular complexity index is 32.0. The van der Waals surface area contributed by atoms with E-state index in [1.807, 2.05) is 25.6 Å². The molecule has 0 aliphatic heterocycles. The van der Waals surface area contributed by atoms with Gasteiger partial charge < -0.3 is 0 Å². The lowest BCUT2D eigenvalue weighted by Crippen LogP contribution is -1.76. The molecule has 0 heterocycles. The van der Waals surface area contributed by atoms with Crippen molar-refractivity contribution in [3.8, 4) is 0 Å². The highest BCUT2D eigenvalue weighted by Gasteiger charge is 1.79. The van der Waals surface area contributed by atoms with Crippen LogP contribution in [0.3, 0.4) is 0 Å². The molecule has 0 bridgehead atoms. The molecule has 0 nitrogen and oxygen atoms in total. The topological polar surface area (TPSA) is 0 Å². The van der Waals surface area contributed by atoms with Gasteiger partial charge in [-0.3, -0.25) is 0 Å². The fourth-order valence-corrected chi connectivity index (χ4v) is 1.17. The highest BCUT2D eigenvalue weighted by Crippen LogP contribution is 2.01. The van der Waals surface area contributed by atoms with Crippen LogP contribution in [-0.4, -0.2) is 11.5 Å². The van der Waals surface area contributed by atoms with Crippen LogP contribution in [-0.2, 0) is 0 Å². The van der Waals surface area contributed by atoms with E-state index < -0.39 is 0 Å². The zero-order chi connectivity index (χ0) is 10.2. The Morgan fingerprint density at radius 2 is 1.33 bits per heavy atom. The normalized spacial score (nSPS) is 7.50. The second-order valence-electron chi connectivity index (χ2n) is 2.26. The van der Waals surface area contributed by atoms with Gasteiger partial charge in [-0.1, -0.05) is 54.4 Å². The second kappa shape index (κ2) is 30.2. The Balaban J connectivity index is -0.000000137. The summed E-state index contributed by atoms with van der Waals surface area (Å²) in [7, 11) is 0. The van der Waals surface area contributed by atoms with Crippen LogP contribution in [0.4, 0.5) is 0 Å². The average molecular weight is 192 g/mol. The maximum atomic E-state index is 2.23. The second-order valence-corrected chi connectivity index (χ2v) is 3.65. The van der Waals surface area contributed by atoms with Crippen molar-refractivity contribution in [3.05, 3.63) is 0 Å². The molecule has 0 saturated carbocycles. The van der Waals surface area contributed by atoms with Gasteiger partial charge in [-0.15, -0.1) is 0 Å². The molecule has 0 aliphatic rings. The van der Waals surface area contributed by atoms with Crippen molar-refractivity contribution in [3.63, 3.8) is 0 Å². The molecule has 0 amide bonds. The molecule has 0 atom stereocenters. The zero-order valence-corrected chi connectivity index (χ0v) is 10.8. The molecule has 78 valence electrons. The quantitative estimate of drug-likeness (QED) is 0.566. The van der Waals surface area contributed by atoms with Crippen molar-refractivity contribution in [1.82, 2.24) is 0 Å². The molecule has 12 heavy (non-hydrogen) atoms. The van der Waals surface area contributed by atoms with Gasteiger partial charge >= 0.3 is 0 Å². The first-order chi connectivity index (χ1) is 5.83. The van der Waals surface area contributed by atoms with Crippen molar-refractivity contribution >= 4 is 11.8 Å². The van der Waals surface area contributed by atoms with Gasteiger partial charge in [0.25, 0.3) is 0 Å². The first kappa shape index (κ1) is 18.2. The maximum absolute atomic E-state index is 2.23. The molecule has 0 saturated heterocycles. The molecule has 0 unspecified atom stereocenters. The molecular formula is C11H28S. The van der Waals surface area contributed by atoms with Gasteiger partial charge in [-0.2, -0.15) is 11.8 Å².